The van der Waals surface area contributed by atoms with Gasteiger partial charge >= 0.3 is 0 Å². The summed E-state index contributed by atoms with van der Waals surface area (Å²) in [7, 11) is -1.31. The molecule has 23 heavy (non-hydrogen) atoms. The van der Waals surface area contributed by atoms with Gasteiger partial charge in [0.05, 0.1) is 16.5 Å². The zero-order valence-electron chi connectivity index (χ0n) is 13.4. The average Bonchev–Trinajstić information content (AvgIpc) is 3.03. The smallest absolute Gasteiger partial charge is 0.214 e. The number of aryl methyl sites for hydroxylation is 1. The number of rotatable bonds is 6. The van der Waals surface area contributed by atoms with Crippen LogP contribution < -0.4 is 10.6 Å². The topological polar surface area (TPSA) is 86.7 Å². The number of hydrogen-bond donors (Lipinski definition) is 2. The van der Waals surface area contributed by atoms with Gasteiger partial charge in [-0.25, -0.2) is 17.7 Å². The van der Waals surface area contributed by atoms with Crippen molar-refractivity contribution < 1.29 is 8.42 Å². The summed E-state index contributed by atoms with van der Waals surface area (Å²) in [6.45, 7) is 4.39. The van der Waals surface area contributed by atoms with Gasteiger partial charge in [-0.3, -0.25) is 4.99 Å². The van der Waals surface area contributed by atoms with Gasteiger partial charge in [0.1, 0.15) is 0 Å². The van der Waals surface area contributed by atoms with E-state index in [2.05, 4.69) is 26.0 Å². The van der Waals surface area contributed by atoms with Crippen LogP contribution in [-0.4, -0.2) is 62.6 Å². The molecule has 2 rings (SSSR count). The molecule has 1 fully saturated rings. The Balaban J connectivity index is 0.00000264. The molecular formula is C13H24IN5O2S2. The van der Waals surface area contributed by atoms with E-state index in [9.17, 15) is 8.42 Å². The van der Waals surface area contributed by atoms with Crippen LogP contribution in [0.3, 0.4) is 0 Å². The first-order chi connectivity index (χ1) is 10.5. The molecule has 0 unspecified atom stereocenters. The molecule has 0 aromatic carbocycles. The number of thiazole rings is 1. The van der Waals surface area contributed by atoms with E-state index in [0.29, 0.717) is 25.6 Å². The standard InChI is InChI=1S/C13H23N5O2S2.HI/c1-11-17-12(10-21-11)4-5-15-13(14-2)16-6-8-18-7-3-9-22(18,19)20;/h10H,3-9H2,1-2H3,(H2,14,15,16);1H. The van der Waals surface area contributed by atoms with Crippen LogP contribution in [0.15, 0.2) is 10.4 Å². The van der Waals surface area contributed by atoms with Gasteiger partial charge in [0, 0.05) is 45.0 Å². The Morgan fingerprint density at radius 2 is 2.17 bits per heavy atom. The quantitative estimate of drug-likeness (QED) is 0.363. The highest BCUT2D eigenvalue weighted by atomic mass is 127. The fourth-order valence-electron chi connectivity index (χ4n) is 2.29. The van der Waals surface area contributed by atoms with Gasteiger partial charge in [-0.05, 0) is 13.3 Å². The summed E-state index contributed by atoms with van der Waals surface area (Å²) in [5, 5.41) is 9.48. The molecule has 1 aliphatic heterocycles. The summed E-state index contributed by atoms with van der Waals surface area (Å²) in [5.74, 6) is 0.955. The predicted octanol–water partition coefficient (Wildman–Crippen LogP) is 0.813. The van der Waals surface area contributed by atoms with Crippen LogP contribution in [0.4, 0.5) is 0 Å². The van der Waals surface area contributed by atoms with Gasteiger partial charge in [-0.2, -0.15) is 0 Å². The Labute approximate surface area is 159 Å². The monoisotopic (exact) mass is 473 g/mol. The molecule has 1 aliphatic rings. The van der Waals surface area contributed by atoms with E-state index in [4.69, 9.17) is 0 Å². The van der Waals surface area contributed by atoms with Crippen molar-refractivity contribution in [3.8, 4) is 0 Å². The first kappa shape index (κ1) is 20.6. The molecule has 132 valence electrons. The van der Waals surface area contributed by atoms with Gasteiger partial charge in [0.25, 0.3) is 0 Å². The molecule has 1 aromatic heterocycles. The summed E-state index contributed by atoms with van der Waals surface area (Å²) in [5.41, 5.74) is 1.08. The van der Waals surface area contributed by atoms with Crippen molar-refractivity contribution in [2.75, 3.05) is 39.0 Å². The number of hydrogen-bond acceptors (Lipinski definition) is 5. The van der Waals surface area contributed by atoms with Crippen LogP contribution in [-0.2, 0) is 16.4 Å². The Hall–Kier alpha value is -0.460. The van der Waals surface area contributed by atoms with Gasteiger partial charge < -0.3 is 10.6 Å². The highest BCUT2D eigenvalue weighted by Crippen LogP contribution is 2.11. The van der Waals surface area contributed by atoms with Gasteiger partial charge in [-0.15, -0.1) is 35.3 Å². The minimum Gasteiger partial charge on any atom is -0.356 e. The number of sulfonamides is 1. The molecule has 0 spiro atoms. The van der Waals surface area contributed by atoms with Crippen LogP contribution in [0.2, 0.25) is 0 Å². The fourth-order valence-corrected chi connectivity index (χ4v) is 4.47. The maximum atomic E-state index is 11.7. The van der Waals surface area contributed by atoms with Crippen LogP contribution in [0.5, 0.6) is 0 Å². The van der Waals surface area contributed by atoms with Crippen molar-refractivity contribution in [1.82, 2.24) is 19.9 Å². The van der Waals surface area contributed by atoms with E-state index in [0.717, 1.165) is 30.1 Å². The third-order valence-corrected chi connectivity index (χ3v) is 6.20. The highest BCUT2D eigenvalue weighted by Gasteiger charge is 2.27. The number of aliphatic imine (C=N–C) groups is 1. The molecule has 1 aromatic rings. The van der Waals surface area contributed by atoms with E-state index in [-0.39, 0.29) is 29.7 Å². The predicted molar refractivity (Wildman–Crippen MR) is 105 cm³/mol. The first-order valence-electron chi connectivity index (χ1n) is 7.34. The van der Waals surface area contributed by atoms with Gasteiger partial charge in [0.2, 0.25) is 10.0 Å². The van der Waals surface area contributed by atoms with Crippen molar-refractivity contribution in [3.05, 3.63) is 16.1 Å². The largest absolute Gasteiger partial charge is 0.356 e. The summed E-state index contributed by atoms with van der Waals surface area (Å²) in [6.07, 6.45) is 1.56. The SMILES string of the molecule is CN=C(NCCc1csc(C)n1)NCCN1CCCS1(=O)=O.I. The Morgan fingerprint density at radius 3 is 2.74 bits per heavy atom. The van der Waals surface area contributed by atoms with Crippen molar-refractivity contribution >= 4 is 51.3 Å². The molecule has 2 heterocycles. The second kappa shape index (κ2) is 9.74. The highest BCUT2D eigenvalue weighted by molar-refractivity contribution is 14.0. The third kappa shape index (κ3) is 6.51. The van der Waals surface area contributed by atoms with Gasteiger partial charge in [0.15, 0.2) is 5.96 Å². The Bertz CT molecular complexity index is 618. The lowest BCUT2D eigenvalue weighted by Gasteiger charge is -2.16. The molecule has 0 aliphatic carbocycles. The van der Waals surface area contributed by atoms with Crippen LogP contribution in [0.1, 0.15) is 17.1 Å². The minimum atomic E-state index is -3.02. The van der Waals surface area contributed by atoms with Crippen LogP contribution in [0, 0.1) is 6.92 Å². The molecule has 0 atom stereocenters. The summed E-state index contributed by atoms with van der Waals surface area (Å²) in [6, 6.07) is 0. The summed E-state index contributed by atoms with van der Waals surface area (Å²) < 4.78 is 24.9. The second-order valence-electron chi connectivity index (χ2n) is 5.10. The lowest BCUT2D eigenvalue weighted by molar-refractivity contribution is 0.445. The van der Waals surface area contributed by atoms with E-state index in [1.165, 1.54) is 4.31 Å². The van der Waals surface area contributed by atoms with Crippen molar-refractivity contribution in [2.45, 2.75) is 19.8 Å². The van der Waals surface area contributed by atoms with Crippen LogP contribution in [0.25, 0.3) is 0 Å². The second-order valence-corrected chi connectivity index (χ2v) is 8.25. The summed E-state index contributed by atoms with van der Waals surface area (Å²) >= 11 is 1.65. The van der Waals surface area contributed by atoms with E-state index in [1.54, 1.807) is 18.4 Å². The maximum absolute atomic E-state index is 11.7. The summed E-state index contributed by atoms with van der Waals surface area (Å²) in [4.78, 5) is 8.54. The lowest BCUT2D eigenvalue weighted by Crippen LogP contribution is -2.42. The molecule has 1 saturated heterocycles. The normalized spacial score (nSPS) is 17.7. The molecule has 2 N–H and O–H groups in total. The van der Waals surface area contributed by atoms with Gasteiger partial charge in [-0.1, -0.05) is 0 Å². The third-order valence-electron chi connectivity index (χ3n) is 3.42. The molecule has 7 nitrogen and oxygen atoms in total. The average molecular weight is 473 g/mol. The molecule has 0 bridgehead atoms. The maximum Gasteiger partial charge on any atom is 0.214 e. The Kier molecular flexibility index (Phi) is 8.72. The van der Waals surface area contributed by atoms with Crippen LogP contribution >= 0.6 is 35.3 Å². The number of halogens is 1. The minimum absolute atomic E-state index is 0. The molecular weight excluding hydrogens is 449 g/mol. The molecule has 10 heteroatoms. The zero-order chi connectivity index (χ0) is 16.0. The van der Waals surface area contributed by atoms with Crippen molar-refractivity contribution in [3.63, 3.8) is 0 Å². The number of aromatic nitrogens is 1. The Morgan fingerprint density at radius 1 is 1.43 bits per heavy atom. The molecule has 0 radical (unpaired) electrons. The van der Waals surface area contributed by atoms with E-state index in [1.807, 2.05) is 6.92 Å². The number of nitrogens with one attached hydrogen (secondary N) is 2. The first-order valence-corrected chi connectivity index (χ1v) is 9.83. The zero-order valence-corrected chi connectivity index (χ0v) is 17.4. The molecule has 0 saturated carbocycles. The van der Waals surface area contributed by atoms with Crippen molar-refractivity contribution in [2.24, 2.45) is 4.99 Å². The van der Waals surface area contributed by atoms with E-state index >= 15 is 0 Å². The number of nitrogens with zero attached hydrogens (tertiary/aromatic N) is 3. The fraction of sp³-hybridized carbons (Fsp3) is 0.692. The lowest BCUT2D eigenvalue weighted by atomic mass is 10.3. The van der Waals surface area contributed by atoms with Crippen molar-refractivity contribution in [1.29, 1.82) is 0 Å². The number of guanidine groups is 1. The molecule has 0 amide bonds. The van der Waals surface area contributed by atoms with E-state index < -0.39 is 10.0 Å².